The van der Waals surface area contributed by atoms with E-state index in [0.29, 0.717) is 5.56 Å². The van der Waals surface area contributed by atoms with Gasteiger partial charge in [-0.05, 0) is 24.6 Å². The average Bonchev–Trinajstić information content (AvgIpc) is 3.14. The molecule has 4 rings (SSSR count). The van der Waals surface area contributed by atoms with Crippen molar-refractivity contribution in [3.05, 3.63) is 53.9 Å². The molecule has 1 aliphatic rings. The molecule has 2 aromatic heterocycles. The Balaban J connectivity index is 1.69. The van der Waals surface area contributed by atoms with Crippen LogP contribution in [0.4, 0.5) is 16.0 Å². The van der Waals surface area contributed by atoms with E-state index in [1.54, 1.807) is 12.4 Å². The van der Waals surface area contributed by atoms with Gasteiger partial charge in [0, 0.05) is 50.6 Å². The Kier molecular flexibility index (Phi) is 4.65. The van der Waals surface area contributed by atoms with Crippen LogP contribution in [0.15, 0.2) is 36.8 Å². The Morgan fingerprint density at radius 2 is 1.82 bits per heavy atom. The van der Waals surface area contributed by atoms with Gasteiger partial charge in [-0.15, -0.1) is 10.2 Å². The van der Waals surface area contributed by atoms with Crippen molar-refractivity contribution in [2.24, 2.45) is 7.05 Å². The van der Waals surface area contributed by atoms with Crippen molar-refractivity contribution in [3.8, 4) is 17.2 Å². The zero-order valence-corrected chi connectivity index (χ0v) is 15.8. The van der Waals surface area contributed by atoms with Crippen LogP contribution in [-0.2, 0) is 7.05 Å². The van der Waals surface area contributed by atoms with Crippen LogP contribution in [0, 0.1) is 24.2 Å². The molecule has 0 unspecified atom stereocenters. The number of rotatable bonds is 3. The Hall–Kier alpha value is -3.47. The van der Waals surface area contributed by atoms with Gasteiger partial charge in [0.15, 0.2) is 0 Å². The normalized spacial score (nSPS) is 14.2. The lowest BCUT2D eigenvalue weighted by Crippen LogP contribution is -2.47. The molecule has 142 valence electrons. The number of aryl methyl sites for hydroxylation is 2. The number of piperazine rings is 1. The molecule has 3 aromatic rings. The van der Waals surface area contributed by atoms with Crippen molar-refractivity contribution in [3.63, 3.8) is 0 Å². The maximum absolute atomic E-state index is 13.3. The summed E-state index contributed by atoms with van der Waals surface area (Å²) in [6.45, 7) is 4.96. The molecule has 0 aliphatic carbocycles. The van der Waals surface area contributed by atoms with E-state index in [0.717, 1.165) is 54.5 Å². The fourth-order valence-electron chi connectivity index (χ4n) is 3.62. The monoisotopic (exact) mass is 377 g/mol. The van der Waals surface area contributed by atoms with Crippen LogP contribution in [0.25, 0.3) is 11.1 Å². The number of nitrogens with zero attached hydrogens (tertiary/aromatic N) is 7. The molecule has 8 heteroatoms. The van der Waals surface area contributed by atoms with Gasteiger partial charge in [0.1, 0.15) is 12.4 Å². The van der Waals surface area contributed by atoms with Crippen LogP contribution >= 0.6 is 0 Å². The first-order valence-electron chi connectivity index (χ1n) is 9.08. The van der Waals surface area contributed by atoms with Crippen molar-refractivity contribution in [1.82, 2.24) is 19.7 Å². The van der Waals surface area contributed by atoms with Crippen LogP contribution in [0.2, 0.25) is 0 Å². The van der Waals surface area contributed by atoms with E-state index < -0.39 is 5.95 Å². The number of halogens is 1. The Morgan fingerprint density at radius 3 is 2.43 bits per heavy atom. The van der Waals surface area contributed by atoms with Crippen LogP contribution < -0.4 is 9.80 Å². The number of hydrogen-bond donors (Lipinski definition) is 0. The Bertz CT molecular complexity index is 1030. The summed E-state index contributed by atoms with van der Waals surface area (Å²) in [6, 6.07) is 9.31. The summed E-state index contributed by atoms with van der Waals surface area (Å²) in [4.78, 5) is 8.19. The standard InChI is InChI=1S/C20H20FN7/c1-14-3-5-16(15-4-6-18(21)23-12-15)19(17(14)11-22)27-7-9-28(10-8-27)20-25-24-13-26(20)2/h3-6,12-13H,7-10H2,1-2H3. The minimum Gasteiger partial charge on any atom is -0.366 e. The van der Waals surface area contributed by atoms with E-state index in [-0.39, 0.29) is 0 Å². The molecule has 0 bridgehead atoms. The van der Waals surface area contributed by atoms with Gasteiger partial charge in [0.2, 0.25) is 11.9 Å². The smallest absolute Gasteiger partial charge is 0.226 e. The molecular formula is C20H20FN7. The SMILES string of the molecule is Cc1ccc(-c2ccc(F)nc2)c(N2CCN(c3nncn3C)CC2)c1C#N. The zero-order chi connectivity index (χ0) is 19.7. The first-order valence-corrected chi connectivity index (χ1v) is 9.08. The second-order valence-electron chi connectivity index (χ2n) is 6.85. The lowest BCUT2D eigenvalue weighted by Gasteiger charge is -2.37. The zero-order valence-electron chi connectivity index (χ0n) is 15.8. The summed E-state index contributed by atoms with van der Waals surface area (Å²) < 4.78 is 15.2. The van der Waals surface area contributed by atoms with Crippen molar-refractivity contribution in [1.29, 1.82) is 5.26 Å². The number of nitriles is 1. The van der Waals surface area contributed by atoms with Gasteiger partial charge in [0.25, 0.3) is 0 Å². The van der Waals surface area contributed by atoms with Gasteiger partial charge in [-0.25, -0.2) is 4.98 Å². The molecular weight excluding hydrogens is 357 g/mol. The Morgan fingerprint density at radius 1 is 1.07 bits per heavy atom. The molecule has 0 radical (unpaired) electrons. The first-order chi connectivity index (χ1) is 13.6. The minimum absolute atomic E-state index is 0.518. The molecule has 1 aromatic carbocycles. The largest absolute Gasteiger partial charge is 0.366 e. The predicted molar refractivity (Wildman–Crippen MR) is 105 cm³/mol. The lowest BCUT2D eigenvalue weighted by atomic mass is 9.96. The van der Waals surface area contributed by atoms with Gasteiger partial charge in [-0.1, -0.05) is 12.1 Å². The predicted octanol–water partition coefficient (Wildman–Crippen LogP) is 2.52. The number of benzene rings is 1. The van der Waals surface area contributed by atoms with E-state index in [2.05, 4.69) is 31.1 Å². The van der Waals surface area contributed by atoms with Crippen LogP contribution in [0.5, 0.6) is 0 Å². The topological polar surface area (TPSA) is 73.9 Å². The molecule has 1 saturated heterocycles. The maximum Gasteiger partial charge on any atom is 0.226 e. The van der Waals surface area contributed by atoms with E-state index in [9.17, 15) is 9.65 Å². The summed E-state index contributed by atoms with van der Waals surface area (Å²) in [5.41, 5.74) is 4.14. The third kappa shape index (κ3) is 3.16. The molecule has 0 spiro atoms. The third-order valence-corrected chi connectivity index (χ3v) is 5.10. The molecule has 0 saturated carbocycles. The van der Waals surface area contributed by atoms with Crippen LogP contribution in [0.1, 0.15) is 11.1 Å². The summed E-state index contributed by atoms with van der Waals surface area (Å²) >= 11 is 0. The summed E-state index contributed by atoms with van der Waals surface area (Å²) in [7, 11) is 1.93. The molecule has 1 aliphatic heterocycles. The minimum atomic E-state index is -0.518. The van der Waals surface area contributed by atoms with Crippen LogP contribution in [-0.4, -0.2) is 45.9 Å². The van der Waals surface area contributed by atoms with Gasteiger partial charge < -0.3 is 14.4 Å². The third-order valence-electron chi connectivity index (χ3n) is 5.10. The van der Waals surface area contributed by atoms with Gasteiger partial charge in [0.05, 0.1) is 11.3 Å². The highest BCUT2D eigenvalue weighted by atomic mass is 19.1. The van der Waals surface area contributed by atoms with E-state index in [1.165, 1.54) is 12.3 Å². The first kappa shape index (κ1) is 17.9. The van der Waals surface area contributed by atoms with Gasteiger partial charge in [-0.3, -0.25) is 0 Å². The number of aromatic nitrogens is 4. The number of hydrogen-bond acceptors (Lipinski definition) is 6. The quantitative estimate of drug-likeness (QED) is 0.653. The summed E-state index contributed by atoms with van der Waals surface area (Å²) in [6.07, 6.45) is 3.20. The fraction of sp³-hybridized carbons (Fsp3) is 0.300. The number of pyridine rings is 1. The molecule has 0 atom stereocenters. The highest BCUT2D eigenvalue weighted by Gasteiger charge is 2.25. The van der Waals surface area contributed by atoms with E-state index in [1.807, 2.05) is 30.7 Å². The highest BCUT2D eigenvalue weighted by Crippen LogP contribution is 2.36. The molecule has 0 N–H and O–H groups in total. The summed E-state index contributed by atoms with van der Waals surface area (Å²) in [5.74, 6) is 0.322. The average molecular weight is 377 g/mol. The highest BCUT2D eigenvalue weighted by molar-refractivity contribution is 5.84. The van der Waals surface area contributed by atoms with Crippen LogP contribution in [0.3, 0.4) is 0 Å². The molecule has 1 fully saturated rings. The Labute approximate surface area is 162 Å². The van der Waals surface area contributed by atoms with E-state index >= 15 is 0 Å². The molecule has 3 heterocycles. The number of anilines is 2. The molecule has 28 heavy (non-hydrogen) atoms. The fourth-order valence-corrected chi connectivity index (χ4v) is 3.62. The van der Waals surface area contributed by atoms with Crippen molar-refractivity contribution in [2.75, 3.05) is 36.0 Å². The van der Waals surface area contributed by atoms with E-state index in [4.69, 9.17) is 0 Å². The second-order valence-corrected chi connectivity index (χ2v) is 6.85. The molecule has 0 amide bonds. The van der Waals surface area contributed by atoms with Gasteiger partial charge >= 0.3 is 0 Å². The second kappa shape index (κ2) is 7.27. The van der Waals surface area contributed by atoms with Crippen molar-refractivity contribution < 1.29 is 4.39 Å². The lowest BCUT2D eigenvalue weighted by molar-refractivity contribution is 0.584. The maximum atomic E-state index is 13.3. The van der Waals surface area contributed by atoms with Crippen molar-refractivity contribution >= 4 is 11.6 Å². The molecule has 7 nitrogen and oxygen atoms in total. The van der Waals surface area contributed by atoms with Crippen molar-refractivity contribution in [2.45, 2.75) is 6.92 Å². The summed E-state index contributed by atoms with van der Waals surface area (Å²) in [5, 5.41) is 17.9. The van der Waals surface area contributed by atoms with Gasteiger partial charge in [-0.2, -0.15) is 9.65 Å².